The number of rotatable bonds is 9. The van der Waals surface area contributed by atoms with Crippen molar-refractivity contribution in [2.45, 2.75) is 56.6 Å². The van der Waals surface area contributed by atoms with Crippen molar-refractivity contribution >= 4 is 29.3 Å². The number of nitrogens with one attached hydrogen (secondary N) is 1. The Labute approximate surface area is 219 Å². The Hall–Kier alpha value is -3.25. The number of anilines is 1. The summed E-state index contributed by atoms with van der Waals surface area (Å²) in [7, 11) is 1.89. The van der Waals surface area contributed by atoms with Crippen molar-refractivity contribution in [3.05, 3.63) is 71.5 Å². The van der Waals surface area contributed by atoms with E-state index in [9.17, 15) is 14.7 Å². The molecule has 0 saturated carbocycles. The van der Waals surface area contributed by atoms with Gasteiger partial charge >= 0.3 is 5.97 Å². The highest BCUT2D eigenvalue weighted by Gasteiger charge is 2.32. The van der Waals surface area contributed by atoms with Crippen molar-refractivity contribution in [3.8, 4) is 0 Å². The molecule has 1 aliphatic heterocycles. The van der Waals surface area contributed by atoms with Crippen LogP contribution in [-0.4, -0.2) is 49.7 Å². The van der Waals surface area contributed by atoms with Crippen LogP contribution in [0.4, 0.5) is 5.69 Å². The van der Waals surface area contributed by atoms with Gasteiger partial charge in [-0.3, -0.25) is 9.59 Å². The topological polar surface area (TPSA) is 125 Å². The van der Waals surface area contributed by atoms with Gasteiger partial charge < -0.3 is 29.2 Å². The Morgan fingerprint density at radius 2 is 2.00 bits per heavy atom. The summed E-state index contributed by atoms with van der Waals surface area (Å²) in [6, 6.07) is 14.9. The van der Waals surface area contributed by atoms with Crippen LogP contribution in [0.15, 0.2) is 60.0 Å². The summed E-state index contributed by atoms with van der Waals surface area (Å²) in [4.78, 5) is 23.6. The lowest BCUT2D eigenvalue weighted by molar-refractivity contribution is -0.245. The summed E-state index contributed by atoms with van der Waals surface area (Å²) in [5, 5.41) is 21.0. The number of ether oxygens (including phenoxy) is 3. The summed E-state index contributed by atoms with van der Waals surface area (Å²) < 4.78 is 19.5. The van der Waals surface area contributed by atoms with E-state index in [1.54, 1.807) is 36.3 Å². The Bertz CT molecular complexity index is 1220. The number of nitrogens with zero attached hydrogens (tertiary/aromatic N) is 3. The lowest BCUT2D eigenvalue weighted by Gasteiger charge is -2.36. The molecule has 2 aromatic carbocycles. The molecule has 0 bridgehead atoms. The van der Waals surface area contributed by atoms with E-state index in [0.29, 0.717) is 17.9 Å². The molecule has 4 rings (SSSR count). The minimum absolute atomic E-state index is 0.0247. The zero-order valence-corrected chi connectivity index (χ0v) is 21.7. The molecule has 1 saturated heterocycles. The van der Waals surface area contributed by atoms with Gasteiger partial charge in [-0.15, -0.1) is 10.2 Å². The smallest absolute Gasteiger partial charge is 0.303 e. The first-order chi connectivity index (χ1) is 17.8. The first kappa shape index (κ1) is 26.8. The van der Waals surface area contributed by atoms with Gasteiger partial charge in [-0.1, -0.05) is 48.2 Å². The molecule has 1 aliphatic rings. The quantitative estimate of drug-likeness (QED) is 0.318. The highest BCUT2D eigenvalue weighted by Crippen LogP contribution is 2.39. The van der Waals surface area contributed by atoms with Crippen LogP contribution in [-0.2, 0) is 37.5 Å². The van der Waals surface area contributed by atoms with Crippen LogP contribution < -0.4 is 5.32 Å². The number of aromatic nitrogens is 3. The number of amides is 1. The van der Waals surface area contributed by atoms with Crippen LogP contribution in [0.25, 0.3) is 0 Å². The third-order valence-electron chi connectivity index (χ3n) is 5.82. The summed E-state index contributed by atoms with van der Waals surface area (Å²) in [6.45, 7) is 2.75. The van der Waals surface area contributed by atoms with Gasteiger partial charge in [-0.05, 0) is 30.2 Å². The van der Waals surface area contributed by atoms with Gasteiger partial charge in [0.15, 0.2) is 17.6 Å². The van der Waals surface area contributed by atoms with Crippen molar-refractivity contribution in [1.82, 2.24) is 14.8 Å². The second-order valence-electron chi connectivity index (χ2n) is 8.75. The molecule has 0 radical (unpaired) electrons. The minimum Gasteiger partial charge on any atom is -0.453 e. The predicted octanol–water partition coefficient (Wildman–Crippen LogP) is 3.54. The van der Waals surface area contributed by atoms with Gasteiger partial charge in [-0.25, -0.2) is 0 Å². The Morgan fingerprint density at radius 3 is 2.68 bits per heavy atom. The Kier molecular flexibility index (Phi) is 8.93. The number of esters is 1. The Balaban J connectivity index is 1.52. The maximum Gasteiger partial charge on any atom is 0.303 e. The molecule has 1 fully saturated rings. The van der Waals surface area contributed by atoms with Crippen LogP contribution in [0.3, 0.4) is 0 Å². The monoisotopic (exact) mass is 526 g/mol. The SMILES string of the molecule is CC(=O)OC(C)C(=O)Nc1cccc(C2OC(CSc3nncn3C)CC(c3ccc(CO)cc3)O2)c1. The first-order valence-electron chi connectivity index (χ1n) is 11.9. The number of carbonyl (C=O) groups is 2. The van der Waals surface area contributed by atoms with Crippen LogP contribution in [0.1, 0.15) is 49.4 Å². The average molecular weight is 527 g/mol. The summed E-state index contributed by atoms with van der Waals surface area (Å²) in [6.07, 6.45) is 0.310. The predicted molar refractivity (Wildman–Crippen MR) is 136 cm³/mol. The maximum atomic E-state index is 12.4. The minimum atomic E-state index is -0.920. The first-order valence-corrected chi connectivity index (χ1v) is 12.9. The number of hydrogen-bond donors (Lipinski definition) is 2. The van der Waals surface area contributed by atoms with Crippen LogP contribution >= 0.6 is 11.8 Å². The van der Waals surface area contributed by atoms with Crippen molar-refractivity contribution < 1.29 is 28.9 Å². The largest absolute Gasteiger partial charge is 0.453 e. The van der Waals surface area contributed by atoms with Crippen LogP contribution in [0, 0.1) is 0 Å². The molecule has 2 N–H and O–H groups in total. The number of benzene rings is 2. The molecule has 4 unspecified atom stereocenters. The highest BCUT2D eigenvalue weighted by atomic mass is 32.2. The fraction of sp³-hybridized carbons (Fsp3) is 0.385. The maximum absolute atomic E-state index is 12.4. The van der Waals surface area contributed by atoms with Crippen molar-refractivity contribution in [3.63, 3.8) is 0 Å². The van der Waals surface area contributed by atoms with Gasteiger partial charge in [0.05, 0.1) is 18.8 Å². The molecule has 11 heteroatoms. The number of thioether (sulfide) groups is 1. The van der Waals surface area contributed by atoms with Crippen LogP contribution in [0.5, 0.6) is 0 Å². The second kappa shape index (κ2) is 12.3. The lowest BCUT2D eigenvalue weighted by atomic mass is 10.0. The molecule has 10 nitrogen and oxygen atoms in total. The highest BCUT2D eigenvalue weighted by molar-refractivity contribution is 7.99. The van der Waals surface area contributed by atoms with E-state index < -0.39 is 24.3 Å². The average Bonchev–Trinajstić information content (AvgIpc) is 3.31. The molecule has 37 heavy (non-hydrogen) atoms. The van der Waals surface area contributed by atoms with Gasteiger partial charge in [0.2, 0.25) is 0 Å². The Morgan fingerprint density at radius 1 is 1.22 bits per heavy atom. The van der Waals surface area contributed by atoms with E-state index in [2.05, 4.69) is 15.5 Å². The van der Waals surface area contributed by atoms with Crippen molar-refractivity contribution in [2.24, 2.45) is 7.05 Å². The molecular formula is C26H30N4O6S. The number of aryl methyl sites for hydroxylation is 1. The van der Waals surface area contributed by atoms with E-state index in [0.717, 1.165) is 21.8 Å². The van der Waals surface area contributed by atoms with Crippen molar-refractivity contribution in [1.29, 1.82) is 0 Å². The van der Waals surface area contributed by atoms with Gasteiger partial charge in [0.25, 0.3) is 5.91 Å². The number of carbonyl (C=O) groups excluding carboxylic acids is 2. The molecule has 0 spiro atoms. The fourth-order valence-corrected chi connectivity index (χ4v) is 4.81. The van der Waals surface area contributed by atoms with E-state index in [1.165, 1.54) is 13.8 Å². The fourth-order valence-electron chi connectivity index (χ4n) is 3.90. The molecule has 2 heterocycles. The second-order valence-corrected chi connectivity index (χ2v) is 9.74. The van der Waals surface area contributed by atoms with Gasteiger partial charge in [0, 0.05) is 37.4 Å². The molecule has 4 atom stereocenters. The van der Waals surface area contributed by atoms with E-state index in [4.69, 9.17) is 14.2 Å². The molecule has 1 amide bonds. The zero-order chi connectivity index (χ0) is 26.4. The van der Waals surface area contributed by atoms with Gasteiger partial charge in [0.1, 0.15) is 6.33 Å². The summed E-state index contributed by atoms with van der Waals surface area (Å²) in [5.74, 6) is -0.310. The van der Waals surface area contributed by atoms with Crippen molar-refractivity contribution in [2.75, 3.05) is 11.1 Å². The standard InChI is InChI=1S/C26H30N4O6S/c1-16(34-17(2)32)24(33)28-21-6-4-5-20(11-21)25-35-22(14-37-26-29-27-15-30(26)3)12-23(36-25)19-9-7-18(13-31)8-10-19/h4-11,15-16,22-23,25,31H,12-14H2,1-3H3,(H,28,33). The van der Waals surface area contributed by atoms with E-state index in [-0.39, 0.29) is 18.8 Å². The number of hydrogen-bond acceptors (Lipinski definition) is 9. The third-order valence-corrected chi connectivity index (χ3v) is 6.99. The third kappa shape index (κ3) is 7.16. The number of aliphatic hydroxyl groups is 1. The normalized spacial score (nSPS) is 20.3. The van der Waals surface area contributed by atoms with Gasteiger partial charge in [-0.2, -0.15) is 0 Å². The zero-order valence-electron chi connectivity index (χ0n) is 20.9. The summed E-state index contributed by atoms with van der Waals surface area (Å²) >= 11 is 1.56. The molecule has 1 aromatic heterocycles. The molecular weight excluding hydrogens is 496 g/mol. The van der Waals surface area contributed by atoms with E-state index in [1.807, 2.05) is 41.9 Å². The lowest BCUT2D eigenvalue weighted by Crippen LogP contribution is -2.31. The molecule has 0 aliphatic carbocycles. The van der Waals surface area contributed by atoms with E-state index >= 15 is 0 Å². The number of aliphatic hydroxyl groups excluding tert-OH is 1. The summed E-state index contributed by atoms with van der Waals surface area (Å²) in [5.41, 5.74) is 3.09. The van der Waals surface area contributed by atoms with Crippen LogP contribution in [0.2, 0.25) is 0 Å². The molecule has 3 aromatic rings. The molecule has 196 valence electrons.